The highest BCUT2D eigenvalue weighted by Gasteiger charge is 1.93. The van der Waals surface area contributed by atoms with E-state index in [1.807, 2.05) is 26.3 Å². The van der Waals surface area contributed by atoms with Gasteiger partial charge in [0, 0.05) is 38.6 Å². The zero-order valence-electron chi connectivity index (χ0n) is 15.8. The van der Waals surface area contributed by atoms with Gasteiger partial charge >= 0.3 is 0 Å². The number of hydrogen-bond donors (Lipinski definition) is 4. The van der Waals surface area contributed by atoms with Crippen LogP contribution in [-0.2, 0) is 0 Å². The summed E-state index contributed by atoms with van der Waals surface area (Å²) in [6.07, 6.45) is 9.35. The van der Waals surface area contributed by atoms with Gasteiger partial charge in [-0.3, -0.25) is 9.98 Å². The maximum atomic E-state index is 4.38. The predicted molar refractivity (Wildman–Crippen MR) is 107 cm³/mol. The molecule has 8 heteroatoms. The van der Waals surface area contributed by atoms with Gasteiger partial charge in [-0.05, 0) is 39.8 Å². The van der Waals surface area contributed by atoms with Crippen molar-refractivity contribution in [2.75, 3.05) is 39.3 Å². The first kappa shape index (κ1) is 20.0. The van der Waals surface area contributed by atoms with Gasteiger partial charge in [-0.2, -0.15) is 0 Å². The smallest absolute Gasteiger partial charge is 0.103 e. The number of imidazole rings is 2. The van der Waals surface area contributed by atoms with E-state index in [9.17, 15) is 0 Å². The number of aromatic amines is 2. The number of rotatable bonds is 13. The zero-order chi connectivity index (χ0) is 18.5. The molecule has 0 amide bonds. The summed E-state index contributed by atoms with van der Waals surface area (Å²) in [5.74, 6) is 1.83. The first-order valence-corrected chi connectivity index (χ1v) is 9.18. The molecule has 8 nitrogen and oxygen atoms in total. The van der Waals surface area contributed by atoms with Gasteiger partial charge in [0.1, 0.15) is 11.6 Å². The summed E-state index contributed by atoms with van der Waals surface area (Å²) in [5.41, 5.74) is 1.92. The minimum Gasteiger partial charge on any atom is -0.341 e. The van der Waals surface area contributed by atoms with E-state index in [0.29, 0.717) is 0 Å². The highest BCUT2D eigenvalue weighted by Crippen LogP contribution is 1.92. The van der Waals surface area contributed by atoms with E-state index in [4.69, 9.17) is 0 Å². The van der Waals surface area contributed by atoms with E-state index in [-0.39, 0.29) is 0 Å². The van der Waals surface area contributed by atoms with Crippen molar-refractivity contribution in [1.29, 1.82) is 0 Å². The highest BCUT2D eigenvalue weighted by atomic mass is 14.9. The monoisotopic (exact) mass is 358 g/mol. The number of nitrogens with zero attached hydrogens (tertiary/aromatic N) is 4. The fourth-order valence-corrected chi connectivity index (χ4v) is 2.35. The molecule has 0 unspecified atom stereocenters. The Kier molecular flexibility index (Phi) is 9.31. The third kappa shape index (κ3) is 8.68. The van der Waals surface area contributed by atoms with Gasteiger partial charge in [0.25, 0.3) is 0 Å². The molecule has 0 atom stereocenters. The highest BCUT2D eigenvalue weighted by molar-refractivity contribution is 5.76. The molecule has 4 N–H and O–H groups in total. The average molecular weight is 358 g/mol. The summed E-state index contributed by atoms with van der Waals surface area (Å²) >= 11 is 0. The van der Waals surface area contributed by atoms with E-state index in [2.05, 4.69) is 40.6 Å². The lowest BCUT2D eigenvalue weighted by molar-refractivity contribution is 0.591. The molecule has 2 rings (SSSR count). The van der Waals surface area contributed by atoms with Gasteiger partial charge in [0.15, 0.2) is 0 Å². The van der Waals surface area contributed by atoms with Crippen LogP contribution in [0.15, 0.2) is 22.4 Å². The SMILES string of the molecule is Cc1ncc(C=NCCCNCCNCCCN=Cc2cnc(C)[nH]2)[nH]1. The first-order chi connectivity index (χ1) is 12.7. The predicted octanol–water partition coefficient (Wildman–Crippen LogP) is 1.25. The fourth-order valence-electron chi connectivity index (χ4n) is 2.35. The zero-order valence-corrected chi connectivity index (χ0v) is 15.8. The number of nitrogens with one attached hydrogen (secondary N) is 4. The Balaban J connectivity index is 1.35. The normalized spacial score (nSPS) is 11.9. The summed E-state index contributed by atoms with van der Waals surface area (Å²) in [6, 6.07) is 0. The molecular formula is C18H30N8. The van der Waals surface area contributed by atoms with Crippen molar-refractivity contribution in [3.05, 3.63) is 35.4 Å². The molecule has 26 heavy (non-hydrogen) atoms. The Hall–Kier alpha value is -2.32. The number of H-pyrrole nitrogens is 2. The molecule has 142 valence electrons. The third-order valence-corrected chi connectivity index (χ3v) is 3.67. The summed E-state index contributed by atoms with van der Waals surface area (Å²) in [5, 5.41) is 6.83. The molecule has 0 saturated heterocycles. The maximum Gasteiger partial charge on any atom is 0.103 e. The molecule has 0 spiro atoms. The lowest BCUT2D eigenvalue weighted by Gasteiger charge is -2.05. The van der Waals surface area contributed by atoms with Crippen LogP contribution in [0, 0.1) is 13.8 Å². The minimum absolute atomic E-state index is 0.826. The molecule has 2 aromatic heterocycles. The van der Waals surface area contributed by atoms with Crippen molar-refractivity contribution in [3.8, 4) is 0 Å². The van der Waals surface area contributed by atoms with Crippen LogP contribution in [0.3, 0.4) is 0 Å². The number of aryl methyl sites for hydroxylation is 2. The van der Waals surface area contributed by atoms with E-state index in [1.54, 1.807) is 12.4 Å². The van der Waals surface area contributed by atoms with Crippen molar-refractivity contribution in [2.45, 2.75) is 26.7 Å². The quantitative estimate of drug-likeness (QED) is 0.319. The summed E-state index contributed by atoms with van der Waals surface area (Å²) in [4.78, 5) is 23.3. The van der Waals surface area contributed by atoms with Crippen LogP contribution in [0.25, 0.3) is 0 Å². The Bertz CT molecular complexity index is 612. The van der Waals surface area contributed by atoms with Crippen molar-refractivity contribution in [1.82, 2.24) is 30.6 Å². The van der Waals surface area contributed by atoms with Crippen LogP contribution in [-0.4, -0.2) is 71.6 Å². The van der Waals surface area contributed by atoms with Gasteiger partial charge in [0.05, 0.1) is 23.8 Å². The van der Waals surface area contributed by atoms with E-state index < -0.39 is 0 Å². The average Bonchev–Trinajstić information content (AvgIpc) is 3.23. The van der Waals surface area contributed by atoms with Gasteiger partial charge in [-0.15, -0.1) is 0 Å². The van der Waals surface area contributed by atoms with Crippen molar-refractivity contribution >= 4 is 12.4 Å². The second-order valence-corrected chi connectivity index (χ2v) is 6.13. The van der Waals surface area contributed by atoms with Crippen molar-refractivity contribution < 1.29 is 0 Å². The Morgan fingerprint density at radius 2 is 1.27 bits per heavy atom. The minimum atomic E-state index is 0.826. The second kappa shape index (κ2) is 12.1. The maximum absolute atomic E-state index is 4.38. The van der Waals surface area contributed by atoms with Crippen LogP contribution in [0.1, 0.15) is 35.9 Å². The number of aromatic nitrogens is 4. The summed E-state index contributed by atoms with van der Waals surface area (Å²) < 4.78 is 0. The second-order valence-electron chi connectivity index (χ2n) is 6.13. The molecule has 0 saturated carbocycles. The molecule has 0 aliphatic carbocycles. The van der Waals surface area contributed by atoms with Crippen LogP contribution in [0.5, 0.6) is 0 Å². The van der Waals surface area contributed by atoms with E-state index >= 15 is 0 Å². The first-order valence-electron chi connectivity index (χ1n) is 9.18. The van der Waals surface area contributed by atoms with Crippen LogP contribution in [0.4, 0.5) is 0 Å². The largest absolute Gasteiger partial charge is 0.341 e. The lowest BCUT2D eigenvalue weighted by atomic mass is 10.4. The number of hydrogen-bond acceptors (Lipinski definition) is 6. The van der Waals surface area contributed by atoms with E-state index in [1.165, 1.54) is 0 Å². The lowest BCUT2D eigenvalue weighted by Crippen LogP contribution is -2.29. The van der Waals surface area contributed by atoms with Crippen LogP contribution >= 0.6 is 0 Å². The van der Waals surface area contributed by atoms with Gasteiger partial charge < -0.3 is 20.6 Å². The van der Waals surface area contributed by atoms with Crippen LogP contribution in [0.2, 0.25) is 0 Å². The molecule has 0 aromatic carbocycles. The summed E-state index contributed by atoms with van der Waals surface area (Å²) in [6.45, 7) is 9.43. The van der Waals surface area contributed by atoms with E-state index in [0.717, 1.165) is 75.1 Å². The molecule has 2 heterocycles. The molecule has 0 bridgehead atoms. The Morgan fingerprint density at radius 3 is 1.65 bits per heavy atom. The van der Waals surface area contributed by atoms with Gasteiger partial charge in [-0.1, -0.05) is 0 Å². The Labute approximate surface area is 155 Å². The van der Waals surface area contributed by atoms with Gasteiger partial charge in [-0.25, -0.2) is 9.97 Å². The fraction of sp³-hybridized carbons (Fsp3) is 0.556. The Morgan fingerprint density at radius 1 is 0.808 bits per heavy atom. The topological polar surface area (TPSA) is 106 Å². The molecule has 0 radical (unpaired) electrons. The summed E-state index contributed by atoms with van der Waals surface area (Å²) in [7, 11) is 0. The van der Waals surface area contributed by atoms with Gasteiger partial charge in [0.2, 0.25) is 0 Å². The molecule has 2 aromatic rings. The molecular weight excluding hydrogens is 328 g/mol. The number of aliphatic imine (C=N–C) groups is 2. The molecule has 0 fully saturated rings. The molecule has 0 aliphatic heterocycles. The van der Waals surface area contributed by atoms with Crippen molar-refractivity contribution in [2.24, 2.45) is 9.98 Å². The van der Waals surface area contributed by atoms with Crippen molar-refractivity contribution in [3.63, 3.8) is 0 Å². The van der Waals surface area contributed by atoms with Crippen LogP contribution < -0.4 is 10.6 Å². The standard InChI is InChI=1S/C18H30N8/c1-15-23-13-17(25-15)11-21-7-3-5-19-9-10-20-6-4-8-22-12-18-14-24-16(2)26-18/h11-14,19-20H,3-10H2,1-2H3,(H,23,25)(H,24,26). The molecule has 0 aliphatic rings. The third-order valence-electron chi connectivity index (χ3n) is 3.67.